The predicted octanol–water partition coefficient (Wildman–Crippen LogP) is 1.93. The number of fused-ring (bicyclic) bond motifs is 2. The van der Waals surface area contributed by atoms with E-state index in [9.17, 15) is 19.2 Å². The predicted molar refractivity (Wildman–Crippen MR) is 124 cm³/mol. The molecule has 5 amide bonds. The number of carbonyl (C=O) groups excluding carboxylic acids is 4. The SMILES string of the molecule is CC(C)(C)OC(=O)N1CC[C@H]1CC(=O)NNC(=O)[C@@H]1CC[C@@H]2CN1C(=O)N2OCc1ccccc1. The topological polar surface area (TPSA) is 121 Å². The number of nitrogens with one attached hydrogen (secondary N) is 2. The number of nitrogens with zero attached hydrogens (tertiary/aromatic N) is 3. The molecule has 0 spiro atoms. The molecule has 0 radical (unpaired) electrons. The fourth-order valence-electron chi connectivity index (χ4n) is 4.48. The average molecular weight is 488 g/mol. The highest BCUT2D eigenvalue weighted by Gasteiger charge is 2.48. The third-order valence-electron chi connectivity index (χ3n) is 6.36. The Morgan fingerprint density at radius 3 is 2.46 bits per heavy atom. The van der Waals surface area contributed by atoms with Crippen LogP contribution in [0.4, 0.5) is 9.59 Å². The van der Waals surface area contributed by atoms with Gasteiger partial charge >= 0.3 is 12.1 Å². The molecule has 2 N–H and O–H groups in total. The molecule has 0 aliphatic carbocycles. The summed E-state index contributed by atoms with van der Waals surface area (Å²) in [5.41, 5.74) is 5.20. The molecule has 3 fully saturated rings. The van der Waals surface area contributed by atoms with Crippen molar-refractivity contribution in [2.24, 2.45) is 0 Å². The largest absolute Gasteiger partial charge is 0.444 e. The monoisotopic (exact) mass is 487 g/mol. The Kier molecular flexibility index (Phi) is 7.15. The first-order chi connectivity index (χ1) is 16.6. The smallest absolute Gasteiger partial charge is 0.410 e. The highest BCUT2D eigenvalue weighted by Crippen LogP contribution is 2.30. The zero-order valence-corrected chi connectivity index (χ0v) is 20.4. The van der Waals surface area contributed by atoms with E-state index in [-0.39, 0.29) is 31.1 Å². The summed E-state index contributed by atoms with van der Waals surface area (Å²) in [6.07, 6.45) is 1.38. The molecule has 3 aliphatic rings. The van der Waals surface area contributed by atoms with Gasteiger partial charge in [0, 0.05) is 25.6 Å². The Hall–Kier alpha value is -3.34. The number of benzene rings is 1. The van der Waals surface area contributed by atoms with E-state index in [4.69, 9.17) is 9.57 Å². The first-order valence-electron chi connectivity index (χ1n) is 12.0. The zero-order valence-electron chi connectivity index (χ0n) is 20.4. The molecular weight excluding hydrogens is 454 g/mol. The number of rotatable bonds is 6. The van der Waals surface area contributed by atoms with Gasteiger partial charge in [-0.1, -0.05) is 30.3 Å². The molecule has 3 atom stereocenters. The zero-order chi connectivity index (χ0) is 25.2. The fraction of sp³-hybridized carbons (Fsp3) is 0.583. The molecule has 1 aromatic rings. The molecule has 35 heavy (non-hydrogen) atoms. The summed E-state index contributed by atoms with van der Waals surface area (Å²) in [7, 11) is 0. The van der Waals surface area contributed by atoms with Crippen molar-refractivity contribution < 1.29 is 28.8 Å². The summed E-state index contributed by atoms with van der Waals surface area (Å²) in [6.45, 7) is 6.56. The summed E-state index contributed by atoms with van der Waals surface area (Å²) in [5.74, 6) is -0.862. The summed E-state index contributed by atoms with van der Waals surface area (Å²) < 4.78 is 5.35. The van der Waals surface area contributed by atoms with E-state index in [1.165, 1.54) is 14.9 Å². The van der Waals surface area contributed by atoms with E-state index in [0.29, 0.717) is 32.4 Å². The summed E-state index contributed by atoms with van der Waals surface area (Å²) in [4.78, 5) is 59.0. The number of carbonyl (C=O) groups is 4. The molecule has 190 valence electrons. The van der Waals surface area contributed by atoms with Gasteiger partial charge in [0.2, 0.25) is 5.91 Å². The normalized spacial score (nSPS) is 23.6. The van der Waals surface area contributed by atoms with Crippen LogP contribution in [-0.2, 0) is 25.8 Å². The van der Waals surface area contributed by atoms with Crippen molar-refractivity contribution in [2.45, 2.75) is 76.8 Å². The number of amides is 5. The second-order valence-corrected chi connectivity index (χ2v) is 10.1. The van der Waals surface area contributed by atoms with Gasteiger partial charge in [-0.3, -0.25) is 25.3 Å². The Bertz CT molecular complexity index is 965. The van der Waals surface area contributed by atoms with Crippen molar-refractivity contribution in [3.63, 3.8) is 0 Å². The van der Waals surface area contributed by atoms with Crippen LogP contribution in [0, 0.1) is 0 Å². The molecule has 3 aliphatic heterocycles. The van der Waals surface area contributed by atoms with Crippen LogP contribution in [-0.4, -0.2) is 75.6 Å². The quantitative estimate of drug-likeness (QED) is 0.592. The van der Waals surface area contributed by atoms with Crippen molar-refractivity contribution in [2.75, 3.05) is 13.1 Å². The lowest BCUT2D eigenvalue weighted by molar-refractivity contribution is -0.140. The maximum atomic E-state index is 12.9. The molecule has 1 aromatic carbocycles. The maximum absolute atomic E-state index is 12.9. The molecule has 2 bridgehead atoms. The number of hydrogen-bond donors (Lipinski definition) is 2. The molecule has 0 saturated carbocycles. The molecule has 0 unspecified atom stereocenters. The second-order valence-electron chi connectivity index (χ2n) is 10.1. The number of likely N-dealkylation sites (tertiary alicyclic amines) is 1. The third-order valence-corrected chi connectivity index (χ3v) is 6.36. The Balaban J connectivity index is 1.23. The van der Waals surface area contributed by atoms with Crippen LogP contribution in [0.1, 0.15) is 52.0 Å². The number of hydrogen-bond acceptors (Lipinski definition) is 6. The lowest BCUT2D eigenvalue weighted by Gasteiger charge is -2.41. The molecule has 11 nitrogen and oxygen atoms in total. The average Bonchev–Trinajstić information content (AvgIpc) is 3.02. The van der Waals surface area contributed by atoms with Gasteiger partial charge in [0.1, 0.15) is 18.2 Å². The van der Waals surface area contributed by atoms with Crippen molar-refractivity contribution in [1.29, 1.82) is 0 Å². The van der Waals surface area contributed by atoms with Crippen LogP contribution < -0.4 is 10.9 Å². The standard InChI is InChI=1S/C24H33N5O6/c1-24(2,3)35-23(33)27-12-11-17(27)13-20(30)25-26-21(31)19-10-9-18-14-28(19)22(32)29(18)34-15-16-7-5-4-6-8-16/h4-8,17-19H,9-15H2,1-3H3,(H,25,30)(H,26,31)/t17-,18+,19-/m0/s1. The Morgan fingerprint density at radius 2 is 1.80 bits per heavy atom. The number of hydrazine groups is 1. The van der Waals surface area contributed by atoms with Crippen LogP contribution in [0.25, 0.3) is 0 Å². The van der Waals surface area contributed by atoms with Crippen molar-refractivity contribution in [1.82, 2.24) is 25.7 Å². The summed E-state index contributed by atoms with van der Waals surface area (Å²) in [5, 5.41) is 1.36. The van der Waals surface area contributed by atoms with Crippen LogP contribution in [0.5, 0.6) is 0 Å². The van der Waals surface area contributed by atoms with Crippen LogP contribution in [0.3, 0.4) is 0 Å². The molecular formula is C24H33N5O6. The van der Waals surface area contributed by atoms with Crippen molar-refractivity contribution >= 4 is 23.9 Å². The van der Waals surface area contributed by atoms with Crippen LogP contribution in [0.15, 0.2) is 30.3 Å². The van der Waals surface area contributed by atoms with E-state index in [1.807, 2.05) is 30.3 Å². The van der Waals surface area contributed by atoms with Gasteiger partial charge in [-0.2, -0.15) is 5.06 Å². The minimum absolute atomic E-state index is 0.0516. The van der Waals surface area contributed by atoms with E-state index >= 15 is 0 Å². The molecule has 4 rings (SSSR count). The van der Waals surface area contributed by atoms with E-state index in [1.54, 1.807) is 20.8 Å². The molecule has 3 heterocycles. The third kappa shape index (κ3) is 5.84. The first-order valence-corrected chi connectivity index (χ1v) is 12.0. The lowest BCUT2D eigenvalue weighted by atomic mass is 10.00. The molecule has 11 heteroatoms. The number of urea groups is 1. The second kappa shape index (κ2) is 10.1. The summed E-state index contributed by atoms with van der Waals surface area (Å²) in [6, 6.07) is 8.14. The summed E-state index contributed by atoms with van der Waals surface area (Å²) >= 11 is 0. The minimum Gasteiger partial charge on any atom is -0.444 e. The lowest BCUT2D eigenvalue weighted by Crippen LogP contribution is -2.57. The van der Waals surface area contributed by atoms with Crippen LogP contribution >= 0.6 is 0 Å². The van der Waals surface area contributed by atoms with Gasteiger partial charge in [-0.15, -0.1) is 0 Å². The molecule has 3 saturated heterocycles. The Morgan fingerprint density at radius 1 is 1.06 bits per heavy atom. The van der Waals surface area contributed by atoms with E-state index in [2.05, 4.69) is 10.9 Å². The van der Waals surface area contributed by atoms with Crippen molar-refractivity contribution in [3.8, 4) is 0 Å². The number of hydroxylamine groups is 2. The van der Waals surface area contributed by atoms with E-state index < -0.39 is 29.6 Å². The number of ether oxygens (including phenoxy) is 1. The van der Waals surface area contributed by atoms with Gasteiger partial charge in [0.05, 0.1) is 6.04 Å². The first kappa shape index (κ1) is 24.8. The van der Waals surface area contributed by atoms with Gasteiger partial charge < -0.3 is 14.5 Å². The Labute approximate surface area is 204 Å². The van der Waals surface area contributed by atoms with Gasteiger partial charge in [-0.05, 0) is 45.6 Å². The van der Waals surface area contributed by atoms with Gasteiger partial charge in [-0.25, -0.2) is 9.59 Å². The van der Waals surface area contributed by atoms with Crippen LogP contribution in [0.2, 0.25) is 0 Å². The van der Waals surface area contributed by atoms with E-state index in [0.717, 1.165) is 5.56 Å². The highest BCUT2D eigenvalue weighted by atomic mass is 16.7. The maximum Gasteiger partial charge on any atom is 0.410 e. The minimum atomic E-state index is -0.689. The molecule has 0 aromatic heterocycles. The number of piperidine rings is 1. The highest BCUT2D eigenvalue weighted by molar-refractivity contribution is 5.90. The van der Waals surface area contributed by atoms with Gasteiger partial charge in [0.15, 0.2) is 0 Å². The van der Waals surface area contributed by atoms with Gasteiger partial charge in [0.25, 0.3) is 5.91 Å². The fourth-order valence-corrected chi connectivity index (χ4v) is 4.48. The van der Waals surface area contributed by atoms with Crippen molar-refractivity contribution in [3.05, 3.63) is 35.9 Å².